The number of hydrogen-bond donors (Lipinski definition) is 2. The van der Waals surface area contributed by atoms with E-state index >= 15 is 0 Å². The van der Waals surface area contributed by atoms with Crippen LogP contribution in [0.15, 0.2) is 59.5 Å². The molecule has 0 aliphatic carbocycles. The Morgan fingerprint density at radius 2 is 1.68 bits per heavy atom. The van der Waals surface area contributed by atoms with Crippen LogP contribution < -0.4 is 10.6 Å². The number of nitrogens with one attached hydrogen (secondary N) is 2. The van der Waals surface area contributed by atoms with Gasteiger partial charge in [0.2, 0.25) is 15.9 Å². The number of carbonyl (C=O) groups is 3. The highest BCUT2D eigenvalue weighted by atomic mass is 32.2. The molecule has 2 aliphatic rings. The van der Waals surface area contributed by atoms with Gasteiger partial charge in [0.25, 0.3) is 5.91 Å². The van der Waals surface area contributed by atoms with E-state index in [9.17, 15) is 22.8 Å². The summed E-state index contributed by atoms with van der Waals surface area (Å²) in [6, 6.07) is 14.9. The Morgan fingerprint density at radius 1 is 1.03 bits per heavy atom. The molecule has 1 atom stereocenters. The van der Waals surface area contributed by atoms with Crippen LogP contribution in [0, 0.1) is 0 Å². The van der Waals surface area contributed by atoms with Crippen molar-refractivity contribution in [1.29, 1.82) is 0 Å². The quantitative estimate of drug-likeness (QED) is 0.558. The fourth-order valence-electron chi connectivity index (χ4n) is 4.23. The smallest absolute Gasteiger partial charge is 0.325 e. The molecule has 34 heavy (non-hydrogen) atoms. The minimum atomic E-state index is -3.54. The maximum atomic E-state index is 12.9. The van der Waals surface area contributed by atoms with Crippen LogP contribution in [-0.4, -0.2) is 60.6 Å². The van der Waals surface area contributed by atoms with Crippen LogP contribution in [-0.2, 0) is 26.0 Å². The molecule has 0 spiro atoms. The number of benzene rings is 2. The third kappa shape index (κ3) is 4.97. The molecule has 4 amide bonds. The van der Waals surface area contributed by atoms with E-state index in [4.69, 9.17) is 0 Å². The molecule has 180 valence electrons. The number of sulfonamides is 1. The number of rotatable bonds is 8. The lowest BCUT2D eigenvalue weighted by molar-refractivity contribution is -0.133. The summed E-state index contributed by atoms with van der Waals surface area (Å²) in [7, 11) is -3.54. The second kappa shape index (κ2) is 9.55. The highest BCUT2D eigenvalue weighted by Crippen LogP contribution is 2.24. The number of amides is 4. The van der Waals surface area contributed by atoms with Crippen LogP contribution in [0.2, 0.25) is 0 Å². The highest BCUT2D eigenvalue weighted by molar-refractivity contribution is 7.89. The standard InChI is InChI=1S/C24H28N4O5S/c1-24(14-13-18-7-3-2-4-8-18)22(30)28(23(31)26-24)17-21(29)25-19-9-11-20(12-10-19)34(32,33)27-15-5-6-16-27/h2-4,7-12H,5-6,13-17H2,1H3,(H,25,29)(H,26,31)/t24-/m1/s1. The van der Waals surface area contributed by atoms with Gasteiger partial charge in [-0.2, -0.15) is 4.31 Å². The van der Waals surface area contributed by atoms with Crippen molar-refractivity contribution >= 4 is 33.6 Å². The number of anilines is 1. The highest BCUT2D eigenvalue weighted by Gasteiger charge is 2.47. The lowest BCUT2D eigenvalue weighted by Gasteiger charge is -2.21. The number of carbonyl (C=O) groups excluding carboxylic acids is 3. The van der Waals surface area contributed by atoms with E-state index in [1.165, 1.54) is 28.6 Å². The average Bonchev–Trinajstić information content (AvgIpc) is 3.44. The first-order chi connectivity index (χ1) is 16.2. The van der Waals surface area contributed by atoms with Gasteiger partial charge < -0.3 is 10.6 Å². The molecule has 2 N–H and O–H groups in total. The SMILES string of the molecule is C[C@]1(CCc2ccccc2)NC(=O)N(CC(=O)Nc2ccc(S(=O)(=O)N3CCCC3)cc2)C1=O. The average molecular weight is 485 g/mol. The van der Waals surface area contributed by atoms with Crippen LogP contribution in [0.1, 0.15) is 31.7 Å². The van der Waals surface area contributed by atoms with Gasteiger partial charge in [-0.1, -0.05) is 30.3 Å². The first-order valence-electron chi connectivity index (χ1n) is 11.3. The summed E-state index contributed by atoms with van der Waals surface area (Å²) in [5, 5.41) is 5.33. The molecule has 0 radical (unpaired) electrons. The summed E-state index contributed by atoms with van der Waals surface area (Å²) in [6.45, 7) is 2.25. The van der Waals surface area contributed by atoms with Crippen LogP contribution in [0.5, 0.6) is 0 Å². The Bertz CT molecular complexity index is 1180. The molecule has 4 rings (SSSR count). The summed E-state index contributed by atoms with van der Waals surface area (Å²) in [4.78, 5) is 38.9. The number of nitrogens with zero attached hydrogens (tertiary/aromatic N) is 2. The number of imide groups is 1. The van der Waals surface area contributed by atoms with Crippen molar-refractivity contribution in [3.05, 3.63) is 60.2 Å². The van der Waals surface area contributed by atoms with Gasteiger partial charge in [0.15, 0.2) is 0 Å². The lowest BCUT2D eigenvalue weighted by Crippen LogP contribution is -2.45. The molecule has 0 bridgehead atoms. The monoisotopic (exact) mass is 484 g/mol. The molecule has 0 saturated carbocycles. The van der Waals surface area contributed by atoms with Crippen molar-refractivity contribution in [2.45, 2.75) is 43.0 Å². The summed E-state index contributed by atoms with van der Waals surface area (Å²) in [6.07, 6.45) is 2.71. The molecule has 2 heterocycles. The second-order valence-corrected chi connectivity index (χ2v) is 10.8. The van der Waals surface area contributed by atoms with E-state index in [0.717, 1.165) is 23.3 Å². The van der Waals surface area contributed by atoms with Gasteiger partial charge in [0.05, 0.1) is 4.90 Å². The van der Waals surface area contributed by atoms with Crippen molar-refractivity contribution < 1.29 is 22.8 Å². The first kappa shape index (κ1) is 23.9. The minimum absolute atomic E-state index is 0.163. The molecule has 9 nitrogen and oxygen atoms in total. The van der Waals surface area contributed by atoms with Gasteiger partial charge in [0.1, 0.15) is 12.1 Å². The fourth-order valence-corrected chi connectivity index (χ4v) is 5.75. The van der Waals surface area contributed by atoms with Crippen molar-refractivity contribution in [3.63, 3.8) is 0 Å². The Kier molecular flexibility index (Phi) is 6.72. The maximum absolute atomic E-state index is 12.9. The van der Waals surface area contributed by atoms with Crippen molar-refractivity contribution in [2.75, 3.05) is 25.0 Å². The Labute approximate surface area is 199 Å². The van der Waals surface area contributed by atoms with Gasteiger partial charge in [-0.3, -0.25) is 14.5 Å². The van der Waals surface area contributed by atoms with Crippen molar-refractivity contribution in [2.24, 2.45) is 0 Å². The van der Waals surface area contributed by atoms with E-state index in [1.54, 1.807) is 6.92 Å². The fraction of sp³-hybridized carbons (Fsp3) is 0.375. The summed E-state index contributed by atoms with van der Waals surface area (Å²) in [5.74, 6) is -0.999. The lowest BCUT2D eigenvalue weighted by atomic mass is 9.93. The summed E-state index contributed by atoms with van der Waals surface area (Å²) < 4.78 is 26.7. The third-order valence-corrected chi connectivity index (χ3v) is 8.16. The summed E-state index contributed by atoms with van der Waals surface area (Å²) >= 11 is 0. The van der Waals surface area contributed by atoms with Crippen LogP contribution in [0.4, 0.5) is 10.5 Å². The number of urea groups is 1. The predicted molar refractivity (Wildman–Crippen MR) is 126 cm³/mol. The molecular formula is C24H28N4O5S. The van der Waals surface area contributed by atoms with Crippen molar-refractivity contribution in [3.8, 4) is 0 Å². The van der Waals surface area contributed by atoms with Crippen LogP contribution in [0.25, 0.3) is 0 Å². The number of hydrogen-bond acceptors (Lipinski definition) is 5. The normalized spacial score (nSPS) is 21.0. The van der Waals surface area contributed by atoms with E-state index in [1.807, 2.05) is 30.3 Å². The third-order valence-electron chi connectivity index (χ3n) is 6.24. The molecule has 10 heteroatoms. The summed E-state index contributed by atoms with van der Waals surface area (Å²) in [5.41, 5.74) is 0.347. The van der Waals surface area contributed by atoms with E-state index < -0.39 is 40.0 Å². The second-order valence-electron chi connectivity index (χ2n) is 8.82. The number of aryl methyl sites for hydroxylation is 1. The van der Waals surface area contributed by atoms with Crippen LogP contribution in [0.3, 0.4) is 0 Å². The van der Waals surface area contributed by atoms with Crippen molar-refractivity contribution in [1.82, 2.24) is 14.5 Å². The van der Waals surface area contributed by atoms with Gasteiger partial charge in [-0.05, 0) is 62.4 Å². The van der Waals surface area contributed by atoms with Crippen LogP contribution >= 0.6 is 0 Å². The van der Waals surface area contributed by atoms with E-state index in [2.05, 4.69) is 10.6 Å². The molecule has 2 fully saturated rings. The maximum Gasteiger partial charge on any atom is 0.325 e. The zero-order chi connectivity index (χ0) is 24.3. The molecule has 2 aromatic rings. The Hall–Kier alpha value is -3.24. The minimum Gasteiger partial charge on any atom is -0.325 e. The first-order valence-corrected chi connectivity index (χ1v) is 12.7. The van der Waals surface area contributed by atoms with E-state index in [-0.39, 0.29) is 4.90 Å². The Morgan fingerprint density at radius 3 is 2.32 bits per heavy atom. The molecule has 2 saturated heterocycles. The topological polar surface area (TPSA) is 116 Å². The molecular weight excluding hydrogens is 456 g/mol. The molecule has 2 aliphatic heterocycles. The zero-order valence-corrected chi connectivity index (χ0v) is 19.8. The van der Waals surface area contributed by atoms with Gasteiger partial charge in [-0.25, -0.2) is 13.2 Å². The Balaban J connectivity index is 1.35. The molecule has 0 unspecified atom stereocenters. The van der Waals surface area contributed by atoms with Gasteiger partial charge in [-0.15, -0.1) is 0 Å². The predicted octanol–water partition coefficient (Wildman–Crippen LogP) is 2.35. The van der Waals surface area contributed by atoms with Gasteiger partial charge in [0, 0.05) is 18.8 Å². The van der Waals surface area contributed by atoms with E-state index in [0.29, 0.717) is 31.6 Å². The largest absolute Gasteiger partial charge is 0.325 e. The zero-order valence-electron chi connectivity index (χ0n) is 19.0. The molecule has 2 aromatic carbocycles. The van der Waals surface area contributed by atoms with Gasteiger partial charge >= 0.3 is 6.03 Å². The molecule has 0 aromatic heterocycles.